The van der Waals surface area contributed by atoms with Crippen LogP contribution in [-0.2, 0) is 6.42 Å². The first kappa shape index (κ1) is 13.4. The van der Waals surface area contributed by atoms with Crippen molar-refractivity contribution in [1.82, 2.24) is 15.5 Å². The third-order valence-electron chi connectivity index (χ3n) is 2.84. The van der Waals surface area contributed by atoms with Crippen LogP contribution in [0.5, 0.6) is 11.5 Å². The number of phenolic OH excluding ortho intramolecular Hbond substituents is 2. The SMILES string of the molecule is Cc1noc(CCNC(C)c2ccc(O)cc2O)n1. The Morgan fingerprint density at radius 1 is 1.37 bits per heavy atom. The van der Waals surface area contributed by atoms with Gasteiger partial charge in [0.15, 0.2) is 5.82 Å². The zero-order chi connectivity index (χ0) is 13.8. The van der Waals surface area contributed by atoms with Gasteiger partial charge in [0, 0.05) is 30.6 Å². The van der Waals surface area contributed by atoms with Crippen LogP contribution in [0.2, 0.25) is 0 Å². The van der Waals surface area contributed by atoms with Crippen LogP contribution >= 0.6 is 0 Å². The van der Waals surface area contributed by atoms with E-state index in [1.54, 1.807) is 19.1 Å². The Labute approximate surface area is 111 Å². The largest absolute Gasteiger partial charge is 0.508 e. The maximum Gasteiger partial charge on any atom is 0.227 e. The quantitative estimate of drug-likeness (QED) is 0.760. The number of phenols is 2. The molecule has 0 saturated carbocycles. The van der Waals surface area contributed by atoms with Crippen molar-refractivity contribution in [3.8, 4) is 11.5 Å². The molecular weight excluding hydrogens is 246 g/mol. The average molecular weight is 263 g/mol. The van der Waals surface area contributed by atoms with E-state index in [9.17, 15) is 10.2 Å². The summed E-state index contributed by atoms with van der Waals surface area (Å²) in [5.41, 5.74) is 0.736. The van der Waals surface area contributed by atoms with Gasteiger partial charge in [-0.25, -0.2) is 0 Å². The van der Waals surface area contributed by atoms with Crippen LogP contribution < -0.4 is 5.32 Å². The first-order valence-electron chi connectivity index (χ1n) is 6.10. The molecule has 2 rings (SSSR count). The average Bonchev–Trinajstić information content (AvgIpc) is 2.75. The molecule has 0 amide bonds. The summed E-state index contributed by atoms with van der Waals surface area (Å²) in [4.78, 5) is 4.11. The van der Waals surface area contributed by atoms with Crippen LogP contribution in [0.1, 0.15) is 30.2 Å². The predicted molar refractivity (Wildman–Crippen MR) is 68.9 cm³/mol. The van der Waals surface area contributed by atoms with E-state index < -0.39 is 0 Å². The summed E-state index contributed by atoms with van der Waals surface area (Å²) < 4.78 is 5.01. The topological polar surface area (TPSA) is 91.4 Å². The number of aryl methyl sites for hydroxylation is 1. The van der Waals surface area contributed by atoms with E-state index in [0.717, 1.165) is 5.56 Å². The molecule has 0 spiro atoms. The Morgan fingerprint density at radius 3 is 2.79 bits per heavy atom. The van der Waals surface area contributed by atoms with E-state index >= 15 is 0 Å². The molecule has 1 heterocycles. The highest BCUT2D eigenvalue weighted by Gasteiger charge is 2.11. The highest BCUT2D eigenvalue weighted by molar-refractivity contribution is 5.40. The fraction of sp³-hybridized carbons (Fsp3) is 0.385. The van der Waals surface area contributed by atoms with E-state index in [4.69, 9.17) is 4.52 Å². The number of benzene rings is 1. The highest BCUT2D eigenvalue weighted by Crippen LogP contribution is 2.27. The zero-order valence-electron chi connectivity index (χ0n) is 10.9. The van der Waals surface area contributed by atoms with E-state index in [1.165, 1.54) is 6.07 Å². The number of nitrogens with zero attached hydrogens (tertiary/aromatic N) is 2. The Morgan fingerprint density at radius 2 is 2.16 bits per heavy atom. The predicted octanol–water partition coefficient (Wildman–Crippen LogP) is 1.68. The Hall–Kier alpha value is -2.08. The molecular formula is C13H17N3O3. The lowest BCUT2D eigenvalue weighted by Crippen LogP contribution is -2.21. The van der Waals surface area contributed by atoms with E-state index in [-0.39, 0.29) is 17.5 Å². The van der Waals surface area contributed by atoms with Crippen LogP contribution in [-0.4, -0.2) is 26.9 Å². The normalized spacial score (nSPS) is 12.5. The van der Waals surface area contributed by atoms with Gasteiger partial charge in [0.25, 0.3) is 0 Å². The molecule has 0 bridgehead atoms. The summed E-state index contributed by atoms with van der Waals surface area (Å²) in [7, 11) is 0. The fourth-order valence-corrected chi connectivity index (χ4v) is 1.85. The first-order chi connectivity index (χ1) is 9.06. The third-order valence-corrected chi connectivity index (χ3v) is 2.84. The molecule has 6 heteroatoms. The molecule has 0 fully saturated rings. The van der Waals surface area contributed by atoms with Gasteiger partial charge < -0.3 is 20.1 Å². The summed E-state index contributed by atoms with van der Waals surface area (Å²) >= 11 is 0. The lowest BCUT2D eigenvalue weighted by atomic mass is 10.1. The third kappa shape index (κ3) is 3.45. The van der Waals surface area contributed by atoms with Crippen molar-refractivity contribution in [2.75, 3.05) is 6.54 Å². The van der Waals surface area contributed by atoms with Gasteiger partial charge in [0.2, 0.25) is 5.89 Å². The number of nitrogens with one attached hydrogen (secondary N) is 1. The lowest BCUT2D eigenvalue weighted by molar-refractivity contribution is 0.369. The highest BCUT2D eigenvalue weighted by atomic mass is 16.5. The van der Waals surface area contributed by atoms with Crippen molar-refractivity contribution in [3.63, 3.8) is 0 Å². The molecule has 102 valence electrons. The maximum absolute atomic E-state index is 9.74. The molecule has 6 nitrogen and oxygen atoms in total. The Kier molecular flexibility index (Phi) is 4.01. The van der Waals surface area contributed by atoms with Gasteiger partial charge in [-0.05, 0) is 19.9 Å². The minimum absolute atomic E-state index is 0.0374. The molecule has 1 aromatic carbocycles. The Balaban J connectivity index is 1.88. The van der Waals surface area contributed by atoms with Crippen LogP contribution in [0.25, 0.3) is 0 Å². The zero-order valence-corrected chi connectivity index (χ0v) is 10.9. The van der Waals surface area contributed by atoms with Crippen molar-refractivity contribution < 1.29 is 14.7 Å². The number of rotatable bonds is 5. The van der Waals surface area contributed by atoms with Gasteiger partial charge in [-0.15, -0.1) is 0 Å². The minimum atomic E-state index is -0.0374. The molecule has 1 unspecified atom stereocenters. The molecule has 0 aliphatic heterocycles. The lowest BCUT2D eigenvalue weighted by Gasteiger charge is -2.15. The van der Waals surface area contributed by atoms with Crippen molar-refractivity contribution in [2.45, 2.75) is 26.3 Å². The second-order valence-electron chi connectivity index (χ2n) is 4.40. The van der Waals surface area contributed by atoms with E-state index in [2.05, 4.69) is 15.5 Å². The molecule has 0 aliphatic carbocycles. The molecule has 19 heavy (non-hydrogen) atoms. The van der Waals surface area contributed by atoms with Gasteiger partial charge in [0.05, 0.1) is 0 Å². The number of hydrogen-bond donors (Lipinski definition) is 3. The second-order valence-corrected chi connectivity index (χ2v) is 4.40. The maximum atomic E-state index is 9.74. The van der Waals surface area contributed by atoms with Crippen molar-refractivity contribution in [3.05, 3.63) is 35.5 Å². The summed E-state index contributed by atoms with van der Waals surface area (Å²) in [5.74, 6) is 1.34. The number of hydrogen-bond acceptors (Lipinski definition) is 6. The molecule has 3 N–H and O–H groups in total. The van der Waals surface area contributed by atoms with Gasteiger partial charge in [-0.2, -0.15) is 4.98 Å². The Bertz CT molecular complexity index is 554. The molecule has 2 aromatic rings. The van der Waals surface area contributed by atoms with E-state index in [0.29, 0.717) is 24.7 Å². The van der Waals surface area contributed by atoms with Gasteiger partial charge in [-0.1, -0.05) is 11.2 Å². The van der Waals surface area contributed by atoms with E-state index in [1.807, 2.05) is 6.92 Å². The second kappa shape index (κ2) is 5.71. The molecule has 0 radical (unpaired) electrons. The first-order valence-corrected chi connectivity index (χ1v) is 6.10. The van der Waals surface area contributed by atoms with Crippen molar-refractivity contribution in [2.24, 2.45) is 0 Å². The van der Waals surface area contributed by atoms with Crippen molar-refractivity contribution >= 4 is 0 Å². The van der Waals surface area contributed by atoms with Gasteiger partial charge >= 0.3 is 0 Å². The van der Waals surface area contributed by atoms with Gasteiger partial charge in [-0.3, -0.25) is 0 Å². The summed E-state index contributed by atoms with van der Waals surface area (Å²) in [6.45, 7) is 4.37. The summed E-state index contributed by atoms with van der Waals surface area (Å²) in [6.07, 6.45) is 0.629. The standard InChI is InChI=1S/C13H17N3O3/c1-8(11-4-3-10(17)7-12(11)18)14-6-5-13-15-9(2)16-19-13/h3-4,7-8,14,17-18H,5-6H2,1-2H3. The number of aromatic hydroxyl groups is 2. The molecule has 1 aromatic heterocycles. The molecule has 0 saturated heterocycles. The smallest absolute Gasteiger partial charge is 0.227 e. The molecule has 0 aliphatic rings. The summed E-state index contributed by atoms with van der Waals surface area (Å²) in [5, 5.41) is 25.9. The summed E-state index contributed by atoms with van der Waals surface area (Å²) in [6, 6.07) is 4.53. The minimum Gasteiger partial charge on any atom is -0.508 e. The molecule has 1 atom stereocenters. The van der Waals surface area contributed by atoms with Crippen LogP contribution in [0, 0.1) is 6.92 Å². The van der Waals surface area contributed by atoms with Gasteiger partial charge in [0.1, 0.15) is 11.5 Å². The van der Waals surface area contributed by atoms with Crippen LogP contribution in [0.4, 0.5) is 0 Å². The van der Waals surface area contributed by atoms with Crippen LogP contribution in [0.3, 0.4) is 0 Å². The monoisotopic (exact) mass is 263 g/mol. The van der Waals surface area contributed by atoms with Crippen LogP contribution in [0.15, 0.2) is 22.7 Å². The fourth-order valence-electron chi connectivity index (χ4n) is 1.85. The number of aromatic nitrogens is 2. The van der Waals surface area contributed by atoms with Crippen molar-refractivity contribution in [1.29, 1.82) is 0 Å².